The van der Waals surface area contributed by atoms with Gasteiger partial charge >= 0.3 is 5.97 Å². The molecule has 25 heavy (non-hydrogen) atoms. The number of hydrogen-bond donors (Lipinski definition) is 1. The van der Waals surface area contributed by atoms with E-state index in [1.165, 1.54) is 4.90 Å². The molecule has 128 valence electrons. The van der Waals surface area contributed by atoms with Crippen LogP contribution in [0.25, 0.3) is 11.1 Å². The van der Waals surface area contributed by atoms with Crippen LogP contribution in [0.5, 0.6) is 0 Å². The van der Waals surface area contributed by atoms with Crippen LogP contribution in [0.2, 0.25) is 5.02 Å². The topological polar surface area (TPSA) is 83.6 Å². The predicted octanol–water partition coefficient (Wildman–Crippen LogP) is 4.67. The van der Waals surface area contributed by atoms with Crippen LogP contribution in [0.1, 0.15) is 21.8 Å². The van der Waals surface area contributed by atoms with Crippen molar-refractivity contribution in [3.05, 3.63) is 51.7 Å². The maximum atomic E-state index is 11.9. The number of thiophene rings is 1. The Hall–Kier alpha value is -2.64. The van der Waals surface area contributed by atoms with Crippen molar-refractivity contribution >= 4 is 46.0 Å². The third kappa shape index (κ3) is 3.04. The molecule has 0 aliphatic heterocycles. The van der Waals surface area contributed by atoms with Gasteiger partial charge in [-0.2, -0.15) is 0 Å². The number of rotatable bonds is 5. The minimum Gasteiger partial charge on any atom is -0.478 e. The number of benzene rings is 1. The van der Waals surface area contributed by atoms with E-state index in [1.807, 2.05) is 0 Å². The first kappa shape index (κ1) is 17.2. The SMILES string of the molecule is Cc1noc(C)c1N(C=O)c1scc(-c2ccc(Cl)cc2)c1C(=O)O. The van der Waals surface area contributed by atoms with Crippen LogP contribution in [0.15, 0.2) is 34.2 Å². The van der Waals surface area contributed by atoms with Gasteiger partial charge in [-0.15, -0.1) is 11.3 Å². The minimum atomic E-state index is -1.13. The van der Waals surface area contributed by atoms with Gasteiger partial charge in [-0.05, 0) is 31.5 Å². The molecule has 0 unspecified atom stereocenters. The van der Waals surface area contributed by atoms with Crippen LogP contribution in [0.3, 0.4) is 0 Å². The van der Waals surface area contributed by atoms with E-state index in [2.05, 4.69) is 5.16 Å². The number of aromatic nitrogens is 1. The molecule has 0 spiro atoms. The molecule has 0 aliphatic rings. The van der Waals surface area contributed by atoms with Crippen molar-refractivity contribution in [1.82, 2.24) is 5.16 Å². The molecule has 2 aromatic heterocycles. The van der Waals surface area contributed by atoms with Gasteiger partial charge in [0.15, 0.2) is 5.76 Å². The van der Waals surface area contributed by atoms with E-state index in [0.717, 1.165) is 11.3 Å². The first-order chi connectivity index (χ1) is 11.9. The molecule has 1 N–H and O–H groups in total. The van der Waals surface area contributed by atoms with E-state index < -0.39 is 5.97 Å². The van der Waals surface area contributed by atoms with E-state index in [4.69, 9.17) is 16.1 Å². The Labute approximate surface area is 152 Å². The summed E-state index contributed by atoms with van der Waals surface area (Å²) in [7, 11) is 0. The second kappa shape index (κ2) is 6.70. The first-order valence-electron chi connectivity index (χ1n) is 7.22. The number of aryl methyl sites for hydroxylation is 2. The number of nitrogens with zero attached hydrogens (tertiary/aromatic N) is 2. The minimum absolute atomic E-state index is 0.0411. The number of carboxylic acid groups (broad SMARTS) is 1. The Morgan fingerprint density at radius 1 is 1.32 bits per heavy atom. The van der Waals surface area contributed by atoms with E-state index in [0.29, 0.717) is 44.7 Å². The largest absolute Gasteiger partial charge is 0.478 e. The normalized spacial score (nSPS) is 10.7. The molecule has 0 bridgehead atoms. The third-order valence-corrected chi connectivity index (χ3v) is 4.93. The summed E-state index contributed by atoms with van der Waals surface area (Å²) in [6.45, 7) is 3.36. The van der Waals surface area contributed by atoms with Crippen LogP contribution in [-0.2, 0) is 4.79 Å². The average molecular weight is 377 g/mol. The molecule has 3 aromatic rings. The van der Waals surface area contributed by atoms with Gasteiger partial charge in [0, 0.05) is 16.0 Å². The van der Waals surface area contributed by atoms with Crippen molar-refractivity contribution in [1.29, 1.82) is 0 Å². The zero-order valence-electron chi connectivity index (χ0n) is 13.3. The van der Waals surface area contributed by atoms with Crippen molar-refractivity contribution < 1.29 is 19.2 Å². The lowest BCUT2D eigenvalue weighted by Gasteiger charge is -2.16. The fraction of sp³-hybridized carbons (Fsp3) is 0.118. The molecule has 6 nitrogen and oxygen atoms in total. The molecule has 8 heteroatoms. The van der Waals surface area contributed by atoms with E-state index >= 15 is 0 Å². The van der Waals surface area contributed by atoms with Gasteiger partial charge in [0.05, 0.1) is 0 Å². The zero-order valence-corrected chi connectivity index (χ0v) is 14.9. The lowest BCUT2D eigenvalue weighted by molar-refractivity contribution is -0.106. The summed E-state index contributed by atoms with van der Waals surface area (Å²) in [5.41, 5.74) is 2.21. The lowest BCUT2D eigenvalue weighted by Crippen LogP contribution is -2.17. The Bertz CT molecular complexity index is 927. The zero-order chi connectivity index (χ0) is 18.1. The predicted molar refractivity (Wildman–Crippen MR) is 95.9 cm³/mol. The number of carbonyl (C=O) groups is 2. The summed E-state index contributed by atoms with van der Waals surface area (Å²) < 4.78 is 5.10. The highest BCUT2D eigenvalue weighted by Crippen LogP contribution is 2.42. The number of hydrogen-bond acceptors (Lipinski definition) is 5. The molecule has 0 atom stereocenters. The number of aromatic carboxylic acids is 1. The molecular weight excluding hydrogens is 364 g/mol. The monoisotopic (exact) mass is 376 g/mol. The Balaban J connectivity index is 2.18. The molecule has 0 saturated carbocycles. The van der Waals surface area contributed by atoms with Crippen LogP contribution in [-0.4, -0.2) is 22.6 Å². The van der Waals surface area contributed by atoms with Gasteiger partial charge in [-0.3, -0.25) is 9.69 Å². The van der Waals surface area contributed by atoms with E-state index in [1.54, 1.807) is 43.5 Å². The third-order valence-electron chi connectivity index (χ3n) is 3.70. The fourth-order valence-electron chi connectivity index (χ4n) is 2.60. The quantitative estimate of drug-likeness (QED) is 0.654. The van der Waals surface area contributed by atoms with Crippen molar-refractivity contribution in [2.24, 2.45) is 0 Å². The second-order valence-electron chi connectivity index (χ2n) is 5.29. The maximum Gasteiger partial charge on any atom is 0.339 e. The lowest BCUT2D eigenvalue weighted by atomic mass is 10.0. The van der Waals surface area contributed by atoms with Gasteiger partial charge in [0.2, 0.25) is 6.41 Å². The molecule has 0 aliphatic carbocycles. The van der Waals surface area contributed by atoms with Crippen molar-refractivity contribution in [3.8, 4) is 11.1 Å². The molecule has 0 fully saturated rings. The second-order valence-corrected chi connectivity index (χ2v) is 6.58. The van der Waals surface area contributed by atoms with Gasteiger partial charge in [0.25, 0.3) is 0 Å². The molecule has 0 saturated heterocycles. The van der Waals surface area contributed by atoms with E-state index in [-0.39, 0.29) is 5.56 Å². The summed E-state index contributed by atoms with van der Waals surface area (Å²) in [4.78, 5) is 24.9. The van der Waals surface area contributed by atoms with Gasteiger partial charge in [-0.1, -0.05) is 28.9 Å². The van der Waals surface area contributed by atoms with Crippen LogP contribution in [0.4, 0.5) is 10.7 Å². The van der Waals surface area contributed by atoms with Crippen LogP contribution >= 0.6 is 22.9 Å². The van der Waals surface area contributed by atoms with Crippen molar-refractivity contribution in [2.45, 2.75) is 13.8 Å². The highest BCUT2D eigenvalue weighted by molar-refractivity contribution is 7.15. The van der Waals surface area contributed by atoms with Crippen molar-refractivity contribution in [3.63, 3.8) is 0 Å². The number of halogens is 1. The van der Waals surface area contributed by atoms with Gasteiger partial charge in [0.1, 0.15) is 21.9 Å². The maximum absolute atomic E-state index is 11.9. The molecule has 3 rings (SSSR count). The smallest absolute Gasteiger partial charge is 0.339 e. The van der Waals surface area contributed by atoms with Gasteiger partial charge in [-0.25, -0.2) is 4.79 Å². The molecule has 0 radical (unpaired) electrons. The summed E-state index contributed by atoms with van der Waals surface area (Å²) in [6, 6.07) is 6.85. The highest BCUT2D eigenvalue weighted by atomic mass is 35.5. The Morgan fingerprint density at radius 3 is 2.52 bits per heavy atom. The number of anilines is 2. The summed E-state index contributed by atoms with van der Waals surface area (Å²) >= 11 is 7.06. The summed E-state index contributed by atoms with van der Waals surface area (Å²) in [6.07, 6.45) is 0.566. The van der Waals surface area contributed by atoms with E-state index in [9.17, 15) is 14.7 Å². The number of amides is 1. The Morgan fingerprint density at radius 2 is 2.00 bits per heavy atom. The van der Waals surface area contributed by atoms with Crippen LogP contribution < -0.4 is 4.90 Å². The molecular formula is C17H13ClN2O4S. The molecule has 1 amide bonds. The average Bonchev–Trinajstić information content (AvgIpc) is 3.15. The summed E-state index contributed by atoms with van der Waals surface area (Å²) in [5.74, 6) is -0.692. The fourth-order valence-corrected chi connectivity index (χ4v) is 3.77. The standard InChI is InChI=1S/C17H13ClN2O4S/c1-9-15(10(2)24-19-9)20(8-21)16-14(17(22)23)13(7-25-16)11-3-5-12(18)6-4-11/h3-8H,1-2H3,(H,22,23). The van der Waals surface area contributed by atoms with Gasteiger partial charge < -0.3 is 9.63 Å². The number of carboxylic acids is 1. The summed E-state index contributed by atoms with van der Waals surface area (Å²) in [5, 5.41) is 16.1. The Kier molecular flexibility index (Phi) is 4.61. The first-order valence-corrected chi connectivity index (χ1v) is 8.48. The molecule has 2 heterocycles. The van der Waals surface area contributed by atoms with Crippen molar-refractivity contribution in [2.75, 3.05) is 4.90 Å². The number of carbonyl (C=O) groups excluding carboxylic acids is 1. The molecule has 1 aromatic carbocycles. The van der Waals surface area contributed by atoms with Crippen LogP contribution in [0, 0.1) is 13.8 Å². The highest BCUT2D eigenvalue weighted by Gasteiger charge is 2.27.